The molecule has 4 rings (SSSR count). The van der Waals surface area contributed by atoms with E-state index in [0.717, 1.165) is 18.6 Å². The molecule has 22 heavy (non-hydrogen) atoms. The number of nitrogens with zero attached hydrogens (tertiary/aromatic N) is 3. The molecule has 0 spiro atoms. The monoisotopic (exact) mass is 316 g/mol. The highest BCUT2D eigenvalue weighted by atomic mass is 32.1. The number of hydrogen-bond acceptors (Lipinski definition) is 7. The molecule has 3 heterocycles. The molecule has 1 fully saturated rings. The summed E-state index contributed by atoms with van der Waals surface area (Å²) in [5, 5.41) is 14.2. The van der Waals surface area contributed by atoms with Crippen LogP contribution in [0.4, 0.5) is 0 Å². The summed E-state index contributed by atoms with van der Waals surface area (Å²) in [5.74, 6) is 1.88. The summed E-state index contributed by atoms with van der Waals surface area (Å²) in [7, 11) is 0. The third-order valence-corrected chi connectivity index (χ3v) is 4.07. The molecule has 7 nitrogen and oxygen atoms in total. The van der Waals surface area contributed by atoms with Gasteiger partial charge in [-0.3, -0.25) is 4.79 Å². The van der Waals surface area contributed by atoms with E-state index in [-0.39, 0.29) is 12.5 Å². The zero-order chi connectivity index (χ0) is 14.9. The predicted octanol–water partition coefficient (Wildman–Crippen LogP) is 2.59. The highest BCUT2D eigenvalue weighted by Crippen LogP contribution is 2.40. The summed E-state index contributed by atoms with van der Waals surface area (Å²) in [6.45, 7) is 0.176. The quantitative estimate of drug-likeness (QED) is 0.777. The number of rotatable bonds is 5. The lowest BCUT2D eigenvalue weighted by Crippen LogP contribution is -2.22. The van der Waals surface area contributed by atoms with Crippen LogP contribution in [0.5, 0.6) is 0 Å². The maximum Gasteiger partial charge on any atom is 0.252 e. The Kier molecular flexibility index (Phi) is 3.23. The molecule has 8 heteroatoms. The zero-order valence-electron chi connectivity index (χ0n) is 11.5. The summed E-state index contributed by atoms with van der Waals surface area (Å²) in [5.41, 5.74) is 1.18. The van der Waals surface area contributed by atoms with Crippen LogP contribution in [0.15, 0.2) is 31.9 Å². The van der Waals surface area contributed by atoms with Gasteiger partial charge < -0.3 is 14.4 Å². The Hall–Kier alpha value is -2.48. The predicted molar refractivity (Wildman–Crippen MR) is 77.3 cm³/mol. The van der Waals surface area contributed by atoms with E-state index in [4.69, 9.17) is 9.05 Å². The Balaban J connectivity index is 1.41. The Morgan fingerprint density at radius 3 is 3.05 bits per heavy atom. The van der Waals surface area contributed by atoms with E-state index in [1.54, 1.807) is 11.4 Å². The molecule has 112 valence electrons. The van der Waals surface area contributed by atoms with Crippen LogP contribution in [-0.2, 0) is 6.54 Å². The van der Waals surface area contributed by atoms with Gasteiger partial charge in [0.25, 0.3) is 5.91 Å². The van der Waals surface area contributed by atoms with Crippen LogP contribution in [0, 0.1) is 0 Å². The zero-order valence-corrected chi connectivity index (χ0v) is 12.3. The van der Waals surface area contributed by atoms with Gasteiger partial charge in [-0.1, -0.05) is 10.3 Å². The first kappa shape index (κ1) is 13.2. The number of thiophene rings is 1. The lowest BCUT2D eigenvalue weighted by atomic mass is 10.3. The third-order valence-electron chi connectivity index (χ3n) is 3.39. The average Bonchev–Trinajstić information content (AvgIpc) is 3.02. The number of aromatic nitrogens is 3. The van der Waals surface area contributed by atoms with Gasteiger partial charge in [0.15, 0.2) is 5.69 Å². The summed E-state index contributed by atoms with van der Waals surface area (Å²) in [6.07, 6.45) is 2.28. The summed E-state index contributed by atoms with van der Waals surface area (Å²) >= 11 is 1.47. The molecular weight excluding hydrogens is 304 g/mol. The third kappa shape index (κ3) is 2.64. The van der Waals surface area contributed by atoms with E-state index < -0.39 is 0 Å². The topological polar surface area (TPSA) is 94.1 Å². The molecule has 0 atom stereocenters. The van der Waals surface area contributed by atoms with Gasteiger partial charge >= 0.3 is 0 Å². The van der Waals surface area contributed by atoms with E-state index >= 15 is 0 Å². The number of hydrogen-bond donors (Lipinski definition) is 1. The Morgan fingerprint density at radius 1 is 1.36 bits per heavy atom. The molecule has 0 saturated heterocycles. The van der Waals surface area contributed by atoms with Gasteiger partial charge in [-0.05, 0) is 24.3 Å². The van der Waals surface area contributed by atoms with Gasteiger partial charge in [-0.2, -0.15) is 16.3 Å². The number of carbonyl (C=O) groups is 1. The van der Waals surface area contributed by atoms with E-state index in [1.807, 2.05) is 11.4 Å². The minimum Gasteiger partial charge on any atom is -0.360 e. The molecule has 1 saturated carbocycles. The Labute approximate surface area is 129 Å². The summed E-state index contributed by atoms with van der Waals surface area (Å²) in [4.78, 5) is 16.0. The first-order chi connectivity index (χ1) is 10.8. The van der Waals surface area contributed by atoms with Gasteiger partial charge in [0, 0.05) is 22.9 Å². The standard InChI is InChI=1S/C14H12N4O3S/c19-14(9-3-4-22-7-9)15-6-12-16-13(18-21-12)10-5-11(20-17-10)8-1-2-8/h3-5,7-8H,1-2,6H2,(H,15,19). The highest BCUT2D eigenvalue weighted by molar-refractivity contribution is 7.08. The minimum absolute atomic E-state index is 0.168. The van der Waals surface area contributed by atoms with Gasteiger partial charge in [0.1, 0.15) is 5.76 Å². The fourth-order valence-corrected chi connectivity index (χ4v) is 2.67. The second kappa shape index (κ2) is 5.38. The van der Waals surface area contributed by atoms with Crippen LogP contribution < -0.4 is 5.32 Å². The van der Waals surface area contributed by atoms with Crippen LogP contribution in [0.3, 0.4) is 0 Å². The first-order valence-electron chi connectivity index (χ1n) is 6.89. The summed E-state index contributed by atoms with van der Waals surface area (Å²) in [6, 6.07) is 3.60. The molecular formula is C14H12N4O3S. The molecule has 0 aromatic carbocycles. The van der Waals surface area contributed by atoms with Gasteiger partial charge in [0.05, 0.1) is 6.54 Å². The van der Waals surface area contributed by atoms with E-state index in [0.29, 0.717) is 28.9 Å². The van der Waals surface area contributed by atoms with E-state index in [1.165, 1.54) is 11.3 Å². The normalized spacial score (nSPS) is 14.2. The lowest BCUT2D eigenvalue weighted by molar-refractivity contribution is 0.0946. The molecule has 0 aliphatic heterocycles. The molecule has 1 aliphatic rings. The van der Waals surface area contributed by atoms with Crippen LogP contribution in [0.25, 0.3) is 11.5 Å². The van der Waals surface area contributed by atoms with Crippen molar-refractivity contribution >= 4 is 17.2 Å². The molecule has 1 N–H and O–H groups in total. The second-order valence-corrected chi connectivity index (χ2v) is 5.88. The minimum atomic E-state index is -0.168. The van der Waals surface area contributed by atoms with Crippen molar-refractivity contribution in [1.82, 2.24) is 20.6 Å². The maximum absolute atomic E-state index is 11.8. The average molecular weight is 316 g/mol. The maximum atomic E-state index is 11.8. The molecule has 0 bridgehead atoms. The smallest absolute Gasteiger partial charge is 0.252 e. The molecule has 0 unspecified atom stereocenters. The molecule has 3 aromatic rings. The SMILES string of the molecule is O=C(NCc1nc(-c2cc(C3CC3)on2)no1)c1ccsc1. The number of nitrogens with one attached hydrogen (secondary N) is 1. The van der Waals surface area contributed by atoms with Crippen LogP contribution in [-0.4, -0.2) is 21.2 Å². The summed E-state index contributed by atoms with van der Waals surface area (Å²) < 4.78 is 10.4. The van der Waals surface area contributed by atoms with Crippen LogP contribution in [0.2, 0.25) is 0 Å². The van der Waals surface area contributed by atoms with Gasteiger partial charge in [-0.15, -0.1) is 0 Å². The van der Waals surface area contributed by atoms with Crippen molar-refractivity contribution in [2.24, 2.45) is 0 Å². The first-order valence-corrected chi connectivity index (χ1v) is 7.84. The van der Waals surface area contributed by atoms with Crippen molar-refractivity contribution in [3.05, 3.63) is 40.1 Å². The second-order valence-electron chi connectivity index (χ2n) is 5.10. The van der Waals surface area contributed by atoms with Crippen molar-refractivity contribution in [3.63, 3.8) is 0 Å². The van der Waals surface area contributed by atoms with Crippen molar-refractivity contribution in [3.8, 4) is 11.5 Å². The highest BCUT2D eigenvalue weighted by Gasteiger charge is 2.28. The Morgan fingerprint density at radius 2 is 2.27 bits per heavy atom. The number of carbonyl (C=O) groups excluding carboxylic acids is 1. The van der Waals surface area contributed by atoms with Gasteiger partial charge in [0.2, 0.25) is 11.7 Å². The Bertz CT molecular complexity index is 789. The molecule has 1 amide bonds. The largest absolute Gasteiger partial charge is 0.360 e. The number of amides is 1. The van der Waals surface area contributed by atoms with Crippen LogP contribution >= 0.6 is 11.3 Å². The van der Waals surface area contributed by atoms with Crippen molar-refractivity contribution in [1.29, 1.82) is 0 Å². The van der Waals surface area contributed by atoms with Crippen molar-refractivity contribution < 1.29 is 13.8 Å². The van der Waals surface area contributed by atoms with E-state index in [9.17, 15) is 4.79 Å². The lowest BCUT2D eigenvalue weighted by Gasteiger charge is -1.98. The van der Waals surface area contributed by atoms with Crippen LogP contribution in [0.1, 0.15) is 40.8 Å². The van der Waals surface area contributed by atoms with E-state index in [2.05, 4.69) is 20.6 Å². The molecule has 1 aliphatic carbocycles. The molecule has 3 aromatic heterocycles. The fraction of sp³-hybridized carbons (Fsp3) is 0.286. The molecule has 0 radical (unpaired) electrons. The van der Waals surface area contributed by atoms with Gasteiger partial charge in [-0.25, -0.2) is 0 Å². The fourth-order valence-electron chi connectivity index (χ4n) is 2.04. The van der Waals surface area contributed by atoms with Crippen molar-refractivity contribution in [2.45, 2.75) is 25.3 Å². The van der Waals surface area contributed by atoms with Crippen molar-refractivity contribution in [2.75, 3.05) is 0 Å².